The standard InChI is InChI=1S/C7H15O4P/c1-3-4-5-6-11-12(9)7(8)10-2/h12H,3-6H2,1-2H3. The molecule has 0 N–H and O–H groups in total. The zero-order chi connectivity index (χ0) is 9.40. The number of rotatable bonds is 6. The van der Waals surface area contributed by atoms with Gasteiger partial charge in [-0.2, -0.15) is 0 Å². The van der Waals surface area contributed by atoms with E-state index in [9.17, 15) is 9.36 Å². The van der Waals surface area contributed by atoms with E-state index in [1.54, 1.807) is 0 Å². The fourth-order valence-corrected chi connectivity index (χ4v) is 1.27. The minimum atomic E-state index is -2.61. The molecule has 0 bridgehead atoms. The van der Waals surface area contributed by atoms with Gasteiger partial charge in [0.25, 0.3) is 8.03 Å². The van der Waals surface area contributed by atoms with Crippen molar-refractivity contribution in [3.8, 4) is 0 Å². The van der Waals surface area contributed by atoms with Gasteiger partial charge in [0.2, 0.25) is 0 Å². The van der Waals surface area contributed by atoms with Gasteiger partial charge in [-0.1, -0.05) is 19.8 Å². The van der Waals surface area contributed by atoms with Crippen molar-refractivity contribution >= 4 is 13.7 Å². The smallest absolute Gasteiger partial charge is 0.388 e. The zero-order valence-corrected chi connectivity index (χ0v) is 8.46. The molecule has 0 aromatic carbocycles. The third kappa shape index (κ3) is 5.33. The van der Waals surface area contributed by atoms with Crippen LogP contribution in [-0.4, -0.2) is 19.4 Å². The highest BCUT2D eigenvalue weighted by Crippen LogP contribution is 2.24. The number of carbonyl (C=O) groups excluding carboxylic acids is 1. The summed E-state index contributed by atoms with van der Waals surface area (Å²) in [5, 5.41) is 0. The highest BCUT2D eigenvalue weighted by Gasteiger charge is 2.10. The summed E-state index contributed by atoms with van der Waals surface area (Å²) < 4.78 is 19.8. The molecule has 1 unspecified atom stereocenters. The summed E-state index contributed by atoms with van der Waals surface area (Å²) in [6.07, 6.45) is 2.93. The lowest BCUT2D eigenvalue weighted by atomic mass is 10.3. The number of hydrogen-bond acceptors (Lipinski definition) is 4. The van der Waals surface area contributed by atoms with E-state index >= 15 is 0 Å². The maximum atomic E-state index is 10.8. The monoisotopic (exact) mass is 194 g/mol. The van der Waals surface area contributed by atoms with Gasteiger partial charge in [-0.15, -0.1) is 0 Å². The lowest BCUT2D eigenvalue weighted by Crippen LogP contribution is -1.95. The Morgan fingerprint density at radius 3 is 2.58 bits per heavy atom. The van der Waals surface area contributed by atoms with Crippen LogP contribution in [-0.2, 0) is 13.8 Å². The first-order chi connectivity index (χ1) is 5.72. The van der Waals surface area contributed by atoms with E-state index in [1.165, 1.54) is 7.11 Å². The van der Waals surface area contributed by atoms with E-state index in [1.807, 2.05) is 0 Å². The third-order valence-corrected chi connectivity index (χ3v) is 2.34. The lowest BCUT2D eigenvalue weighted by molar-refractivity contribution is 0.191. The molecule has 0 aliphatic rings. The highest BCUT2D eigenvalue weighted by molar-refractivity contribution is 7.58. The van der Waals surface area contributed by atoms with Gasteiger partial charge in [0.05, 0.1) is 13.7 Å². The van der Waals surface area contributed by atoms with Gasteiger partial charge in [-0.25, -0.2) is 4.79 Å². The molecule has 0 saturated heterocycles. The van der Waals surface area contributed by atoms with Gasteiger partial charge in [0, 0.05) is 0 Å². The first-order valence-corrected chi connectivity index (χ1v) is 5.29. The summed E-state index contributed by atoms with van der Waals surface area (Å²) in [6.45, 7) is 2.43. The van der Waals surface area contributed by atoms with E-state index in [0.717, 1.165) is 19.3 Å². The lowest BCUT2D eigenvalue weighted by Gasteiger charge is -2.01. The van der Waals surface area contributed by atoms with Crippen molar-refractivity contribution in [1.82, 2.24) is 0 Å². The van der Waals surface area contributed by atoms with Crippen LogP contribution in [0, 0.1) is 0 Å². The number of carbonyl (C=O) groups is 1. The van der Waals surface area contributed by atoms with Crippen LogP contribution >= 0.6 is 8.03 Å². The summed E-state index contributed by atoms with van der Waals surface area (Å²) >= 11 is 0. The molecular formula is C7H15O4P. The first kappa shape index (κ1) is 11.7. The largest absolute Gasteiger partial charge is 0.462 e. The topological polar surface area (TPSA) is 52.6 Å². The summed E-state index contributed by atoms with van der Waals surface area (Å²) in [6, 6.07) is 0. The number of unbranched alkanes of at least 4 members (excludes halogenated alkanes) is 2. The summed E-state index contributed by atoms with van der Waals surface area (Å²) in [5.74, 6) is 0. The second-order valence-electron chi connectivity index (χ2n) is 2.33. The Labute approximate surface area is 73.1 Å². The molecule has 0 fully saturated rings. The van der Waals surface area contributed by atoms with E-state index in [0.29, 0.717) is 6.61 Å². The molecule has 0 aromatic rings. The predicted octanol–water partition coefficient (Wildman–Crippen LogP) is 2.43. The van der Waals surface area contributed by atoms with Crippen molar-refractivity contribution in [3.63, 3.8) is 0 Å². The number of ether oxygens (including phenoxy) is 1. The average Bonchev–Trinajstić information content (AvgIpc) is 2.10. The van der Waals surface area contributed by atoms with Crippen molar-refractivity contribution in [2.75, 3.05) is 13.7 Å². The van der Waals surface area contributed by atoms with Crippen LogP contribution in [0.2, 0.25) is 0 Å². The molecule has 0 amide bonds. The van der Waals surface area contributed by atoms with Gasteiger partial charge < -0.3 is 9.26 Å². The van der Waals surface area contributed by atoms with E-state index in [4.69, 9.17) is 4.52 Å². The van der Waals surface area contributed by atoms with Crippen LogP contribution < -0.4 is 0 Å². The molecule has 0 radical (unpaired) electrons. The van der Waals surface area contributed by atoms with E-state index < -0.39 is 13.7 Å². The number of hydrogen-bond donors (Lipinski definition) is 0. The second kappa shape index (κ2) is 7.32. The Bertz CT molecular complexity index is 157. The molecule has 72 valence electrons. The molecule has 4 nitrogen and oxygen atoms in total. The predicted molar refractivity (Wildman–Crippen MR) is 46.9 cm³/mol. The molecule has 0 aliphatic heterocycles. The van der Waals surface area contributed by atoms with Crippen molar-refractivity contribution in [1.29, 1.82) is 0 Å². The van der Waals surface area contributed by atoms with E-state index in [2.05, 4.69) is 11.7 Å². The van der Waals surface area contributed by atoms with Crippen LogP contribution in [0.1, 0.15) is 26.2 Å². The maximum Gasteiger partial charge on any atom is 0.388 e. The molecule has 0 aliphatic carbocycles. The van der Waals surface area contributed by atoms with Gasteiger partial charge >= 0.3 is 5.71 Å². The van der Waals surface area contributed by atoms with E-state index in [-0.39, 0.29) is 0 Å². The Morgan fingerprint density at radius 2 is 2.08 bits per heavy atom. The number of methoxy groups -OCH3 is 1. The minimum absolute atomic E-state index is 0.376. The quantitative estimate of drug-likeness (QED) is 0.481. The highest BCUT2D eigenvalue weighted by atomic mass is 31.1. The Hall–Kier alpha value is -0.340. The zero-order valence-electron chi connectivity index (χ0n) is 7.46. The van der Waals surface area contributed by atoms with Crippen molar-refractivity contribution in [2.24, 2.45) is 0 Å². The summed E-state index contributed by atoms with van der Waals surface area (Å²) in [7, 11) is -1.42. The SMILES string of the molecule is CCCCCO[PH](=O)C(=O)OC. The maximum absolute atomic E-state index is 10.8. The van der Waals surface area contributed by atoms with Crippen LogP contribution in [0.3, 0.4) is 0 Å². The fraction of sp³-hybridized carbons (Fsp3) is 0.857. The Kier molecular flexibility index (Phi) is 7.11. The van der Waals surface area contributed by atoms with Crippen molar-refractivity contribution < 1.29 is 18.6 Å². The summed E-state index contributed by atoms with van der Waals surface area (Å²) in [5.41, 5.74) is -0.753. The van der Waals surface area contributed by atoms with Crippen LogP contribution in [0.5, 0.6) is 0 Å². The van der Waals surface area contributed by atoms with Gasteiger partial charge in [-0.3, -0.25) is 4.57 Å². The molecule has 0 saturated carbocycles. The minimum Gasteiger partial charge on any atom is -0.462 e. The Morgan fingerprint density at radius 1 is 1.42 bits per heavy atom. The third-order valence-electron chi connectivity index (χ3n) is 1.33. The molecule has 1 atom stereocenters. The van der Waals surface area contributed by atoms with Gasteiger partial charge in [0.1, 0.15) is 0 Å². The fourth-order valence-electron chi connectivity index (χ4n) is 0.659. The van der Waals surface area contributed by atoms with Crippen LogP contribution in [0.4, 0.5) is 4.79 Å². The van der Waals surface area contributed by atoms with Gasteiger partial charge in [0.15, 0.2) is 0 Å². The Balaban J connectivity index is 3.38. The molecule has 5 heteroatoms. The normalized spacial score (nSPS) is 12.5. The average molecular weight is 194 g/mol. The molecule has 0 rings (SSSR count). The summed E-state index contributed by atoms with van der Waals surface area (Å²) in [4.78, 5) is 10.6. The molecule has 0 spiro atoms. The van der Waals surface area contributed by atoms with Crippen LogP contribution in [0.15, 0.2) is 0 Å². The first-order valence-electron chi connectivity index (χ1n) is 3.97. The van der Waals surface area contributed by atoms with Gasteiger partial charge in [-0.05, 0) is 6.42 Å². The van der Waals surface area contributed by atoms with Crippen molar-refractivity contribution in [2.45, 2.75) is 26.2 Å². The molecule has 12 heavy (non-hydrogen) atoms. The molecule has 0 aromatic heterocycles. The molecule has 0 heterocycles. The molecular weight excluding hydrogens is 179 g/mol. The second-order valence-corrected chi connectivity index (χ2v) is 3.61. The van der Waals surface area contributed by atoms with Crippen LogP contribution in [0.25, 0.3) is 0 Å². The van der Waals surface area contributed by atoms with Crippen molar-refractivity contribution in [3.05, 3.63) is 0 Å².